The van der Waals surface area contributed by atoms with Crippen LogP contribution in [-0.2, 0) is 16.0 Å². The lowest BCUT2D eigenvalue weighted by molar-refractivity contribution is -0.117. The molecule has 1 unspecified atom stereocenters. The number of aliphatic hydroxyl groups excluding tert-OH is 1. The Hall–Kier alpha value is -2.28. The van der Waals surface area contributed by atoms with Crippen molar-refractivity contribution < 1.29 is 19.4 Å². The first-order chi connectivity index (χ1) is 11.7. The van der Waals surface area contributed by atoms with Gasteiger partial charge < -0.3 is 25.4 Å². The molecule has 0 spiro atoms. The number of hydrogen-bond donors (Lipinski definition) is 3. The predicted octanol–water partition coefficient (Wildman–Crippen LogP) is 1.89. The summed E-state index contributed by atoms with van der Waals surface area (Å²) in [5.74, 6) is 0.108. The molecule has 7 heteroatoms. The van der Waals surface area contributed by atoms with Crippen molar-refractivity contribution in [3.8, 4) is 0 Å². The Morgan fingerprint density at radius 3 is 2.72 bits per heavy atom. The topological polar surface area (TPSA) is 90.9 Å². The molecule has 25 heavy (non-hydrogen) atoms. The van der Waals surface area contributed by atoms with Crippen LogP contribution in [0.1, 0.15) is 33.3 Å². The molecule has 7 nitrogen and oxygen atoms in total. The number of rotatable bonds is 6. The van der Waals surface area contributed by atoms with Gasteiger partial charge in [0.05, 0.1) is 12.5 Å². The van der Waals surface area contributed by atoms with Gasteiger partial charge in [-0.3, -0.25) is 4.79 Å². The molecule has 1 aromatic rings. The van der Waals surface area contributed by atoms with Crippen LogP contribution in [0.5, 0.6) is 0 Å². The minimum absolute atomic E-state index is 0.0922. The molecule has 3 N–H and O–H groups in total. The first-order valence-electron chi connectivity index (χ1n) is 8.51. The Bertz CT molecular complexity index is 640. The fourth-order valence-corrected chi connectivity index (χ4v) is 2.66. The van der Waals surface area contributed by atoms with Crippen molar-refractivity contribution in [2.24, 2.45) is 0 Å². The maximum atomic E-state index is 11.9. The SMILES string of the molecule is CCN1C(=O)Cc2cc(NCC(O)CNC(=O)OC(C)(C)C)ccc21. The normalized spacial score (nSPS) is 14.9. The third kappa shape index (κ3) is 5.35. The number of anilines is 2. The molecule has 1 atom stereocenters. The monoisotopic (exact) mass is 349 g/mol. The first-order valence-corrected chi connectivity index (χ1v) is 8.51. The zero-order valence-electron chi connectivity index (χ0n) is 15.3. The van der Waals surface area contributed by atoms with Gasteiger partial charge in [0.1, 0.15) is 5.60 Å². The highest BCUT2D eigenvalue weighted by Gasteiger charge is 2.25. The Morgan fingerprint density at radius 2 is 2.08 bits per heavy atom. The van der Waals surface area contributed by atoms with Crippen LogP contribution >= 0.6 is 0 Å². The summed E-state index contributed by atoms with van der Waals surface area (Å²) in [6, 6.07) is 5.72. The molecular formula is C18H27N3O4. The summed E-state index contributed by atoms with van der Waals surface area (Å²) in [6.45, 7) is 8.32. The summed E-state index contributed by atoms with van der Waals surface area (Å²) in [5.41, 5.74) is 2.20. The average Bonchev–Trinajstić information content (AvgIpc) is 2.83. The molecule has 0 aliphatic carbocycles. The van der Waals surface area contributed by atoms with Gasteiger partial charge in [0.25, 0.3) is 0 Å². The van der Waals surface area contributed by atoms with Gasteiger partial charge in [-0.1, -0.05) is 0 Å². The molecule has 1 aliphatic heterocycles. The highest BCUT2D eigenvalue weighted by Crippen LogP contribution is 2.30. The summed E-state index contributed by atoms with van der Waals surface area (Å²) in [7, 11) is 0. The molecule has 0 saturated heterocycles. The molecule has 0 bridgehead atoms. The van der Waals surface area contributed by atoms with Gasteiger partial charge in [0.15, 0.2) is 0 Å². The number of amides is 2. The van der Waals surface area contributed by atoms with E-state index in [1.807, 2.05) is 25.1 Å². The zero-order valence-corrected chi connectivity index (χ0v) is 15.3. The number of carbonyl (C=O) groups excluding carboxylic acids is 2. The Labute approximate surface area is 148 Å². The second-order valence-corrected chi connectivity index (χ2v) is 7.08. The van der Waals surface area contributed by atoms with Crippen molar-refractivity contribution in [1.82, 2.24) is 5.32 Å². The summed E-state index contributed by atoms with van der Waals surface area (Å²) >= 11 is 0. The number of ether oxygens (including phenoxy) is 1. The summed E-state index contributed by atoms with van der Waals surface area (Å²) in [4.78, 5) is 25.2. The zero-order chi connectivity index (χ0) is 18.6. The quantitative estimate of drug-likeness (QED) is 0.730. The van der Waals surface area contributed by atoms with Crippen LogP contribution in [0, 0.1) is 0 Å². The predicted molar refractivity (Wildman–Crippen MR) is 96.9 cm³/mol. The van der Waals surface area contributed by atoms with Crippen LogP contribution in [0.15, 0.2) is 18.2 Å². The van der Waals surface area contributed by atoms with E-state index in [1.54, 1.807) is 25.7 Å². The van der Waals surface area contributed by atoms with Crippen LogP contribution in [0.3, 0.4) is 0 Å². The van der Waals surface area contributed by atoms with E-state index in [4.69, 9.17) is 4.74 Å². The van der Waals surface area contributed by atoms with E-state index in [9.17, 15) is 14.7 Å². The van der Waals surface area contributed by atoms with Crippen molar-refractivity contribution in [2.75, 3.05) is 29.9 Å². The Morgan fingerprint density at radius 1 is 1.36 bits per heavy atom. The Kier molecular flexibility index (Phi) is 5.89. The smallest absolute Gasteiger partial charge is 0.407 e. The van der Waals surface area contributed by atoms with Crippen LogP contribution in [0.4, 0.5) is 16.2 Å². The molecular weight excluding hydrogens is 322 g/mol. The van der Waals surface area contributed by atoms with Gasteiger partial charge in [-0.15, -0.1) is 0 Å². The number of carbonyl (C=O) groups is 2. The van der Waals surface area contributed by atoms with Crippen LogP contribution < -0.4 is 15.5 Å². The molecule has 2 rings (SSSR count). The summed E-state index contributed by atoms with van der Waals surface area (Å²) in [6.07, 6.45) is -0.904. The van der Waals surface area contributed by atoms with E-state index in [2.05, 4.69) is 10.6 Å². The fraction of sp³-hybridized carbons (Fsp3) is 0.556. The lowest BCUT2D eigenvalue weighted by Crippen LogP contribution is -2.39. The molecule has 1 aromatic carbocycles. The van der Waals surface area contributed by atoms with E-state index in [-0.39, 0.29) is 19.0 Å². The number of benzene rings is 1. The molecule has 0 aromatic heterocycles. The third-order valence-electron chi connectivity index (χ3n) is 3.75. The lowest BCUT2D eigenvalue weighted by atomic mass is 10.1. The number of nitrogens with one attached hydrogen (secondary N) is 2. The highest BCUT2D eigenvalue weighted by atomic mass is 16.6. The fourth-order valence-electron chi connectivity index (χ4n) is 2.66. The number of fused-ring (bicyclic) bond motifs is 1. The average molecular weight is 349 g/mol. The van der Waals surface area contributed by atoms with Crippen molar-refractivity contribution in [3.63, 3.8) is 0 Å². The number of aliphatic hydroxyl groups is 1. The van der Waals surface area contributed by atoms with E-state index in [0.29, 0.717) is 13.0 Å². The van der Waals surface area contributed by atoms with Crippen molar-refractivity contribution in [1.29, 1.82) is 0 Å². The maximum absolute atomic E-state index is 11.9. The summed E-state index contributed by atoms with van der Waals surface area (Å²) < 4.78 is 5.11. The second-order valence-electron chi connectivity index (χ2n) is 7.08. The van der Waals surface area contributed by atoms with Gasteiger partial charge in [-0.2, -0.15) is 0 Å². The van der Waals surface area contributed by atoms with Gasteiger partial charge in [0.2, 0.25) is 5.91 Å². The molecule has 0 saturated carbocycles. The van der Waals surface area contributed by atoms with Crippen LogP contribution in [0.2, 0.25) is 0 Å². The third-order valence-corrected chi connectivity index (χ3v) is 3.75. The molecule has 1 heterocycles. The van der Waals surface area contributed by atoms with E-state index < -0.39 is 17.8 Å². The standard InChI is InChI=1S/C18H27N3O4/c1-5-21-15-7-6-13(8-12(15)9-16(21)23)19-10-14(22)11-20-17(24)25-18(2,3)4/h6-8,14,19,22H,5,9-11H2,1-4H3,(H,20,24). The van der Waals surface area contributed by atoms with Crippen LogP contribution in [-0.4, -0.2) is 48.4 Å². The largest absolute Gasteiger partial charge is 0.444 e. The minimum Gasteiger partial charge on any atom is -0.444 e. The van der Waals surface area contributed by atoms with Gasteiger partial charge in [-0.25, -0.2) is 4.79 Å². The van der Waals surface area contributed by atoms with Crippen molar-refractivity contribution >= 4 is 23.4 Å². The number of alkyl carbamates (subject to hydrolysis) is 1. The number of likely N-dealkylation sites (N-methyl/N-ethyl adjacent to an activating group) is 1. The Balaban J connectivity index is 1.81. The van der Waals surface area contributed by atoms with Crippen LogP contribution in [0.25, 0.3) is 0 Å². The van der Waals surface area contributed by atoms with Gasteiger partial charge >= 0.3 is 6.09 Å². The first kappa shape index (κ1) is 19.1. The highest BCUT2D eigenvalue weighted by molar-refractivity contribution is 6.01. The maximum Gasteiger partial charge on any atom is 0.407 e. The molecule has 0 fully saturated rings. The van der Waals surface area contributed by atoms with Crippen molar-refractivity contribution in [2.45, 2.75) is 45.8 Å². The second kappa shape index (κ2) is 7.74. The molecule has 1 aliphatic rings. The van der Waals surface area contributed by atoms with E-state index in [1.165, 1.54) is 0 Å². The molecule has 2 amide bonds. The summed E-state index contributed by atoms with van der Waals surface area (Å²) in [5, 5.41) is 15.6. The number of nitrogens with zero attached hydrogens (tertiary/aromatic N) is 1. The van der Waals surface area contributed by atoms with Gasteiger partial charge in [-0.05, 0) is 51.5 Å². The number of hydrogen-bond acceptors (Lipinski definition) is 5. The van der Waals surface area contributed by atoms with Crippen molar-refractivity contribution in [3.05, 3.63) is 23.8 Å². The van der Waals surface area contributed by atoms with Gasteiger partial charge in [0, 0.05) is 31.0 Å². The lowest BCUT2D eigenvalue weighted by Gasteiger charge is -2.21. The van der Waals surface area contributed by atoms with E-state index in [0.717, 1.165) is 16.9 Å². The minimum atomic E-state index is -0.755. The molecule has 0 radical (unpaired) electrons. The molecule has 138 valence electrons. The van der Waals surface area contributed by atoms with E-state index >= 15 is 0 Å².